The molecule has 232 valence electrons. The zero-order valence-electron chi connectivity index (χ0n) is 25.5. The monoisotopic (exact) mass is 616 g/mol. The van der Waals surface area contributed by atoms with Crippen LogP contribution in [-0.2, 0) is 19.1 Å². The van der Waals surface area contributed by atoms with E-state index in [1.807, 2.05) is 44.2 Å². The number of amides is 2. The lowest BCUT2D eigenvalue weighted by molar-refractivity contribution is -0.150. The number of rotatable bonds is 8. The van der Waals surface area contributed by atoms with E-state index in [1.54, 1.807) is 42.9 Å². The van der Waals surface area contributed by atoms with Crippen molar-refractivity contribution in [2.24, 2.45) is 17.3 Å². The molecule has 3 atom stereocenters. The van der Waals surface area contributed by atoms with Gasteiger partial charge >= 0.3 is 5.97 Å². The fraction of sp³-hybridized carbons (Fsp3) is 0.229. The summed E-state index contributed by atoms with van der Waals surface area (Å²) in [5, 5.41) is 8.84. The SMILES string of the molecule is COC(=O)[C@@]12C=C(C(=O)Nc3cccc(C(=O)Nc4ccc(Nc5nccc(-c6cccnc6)n5)c(C)c4)c3)C(=O)[C@@H](C1)C(C)C2. The summed E-state index contributed by atoms with van der Waals surface area (Å²) < 4.78 is 5.01. The third-order valence-electron chi connectivity index (χ3n) is 8.54. The van der Waals surface area contributed by atoms with Gasteiger partial charge in [0.15, 0.2) is 5.78 Å². The van der Waals surface area contributed by atoms with Crippen molar-refractivity contribution in [1.29, 1.82) is 0 Å². The van der Waals surface area contributed by atoms with E-state index in [0.29, 0.717) is 35.7 Å². The van der Waals surface area contributed by atoms with Crippen LogP contribution in [0, 0.1) is 24.2 Å². The van der Waals surface area contributed by atoms with Gasteiger partial charge in [0.25, 0.3) is 11.8 Å². The molecule has 0 aliphatic heterocycles. The highest BCUT2D eigenvalue weighted by Crippen LogP contribution is 2.52. The van der Waals surface area contributed by atoms with Gasteiger partial charge < -0.3 is 20.7 Å². The number of esters is 1. The number of carbonyl (C=O) groups is 4. The topological polar surface area (TPSA) is 152 Å². The molecule has 11 nitrogen and oxygen atoms in total. The minimum absolute atomic E-state index is 0.0504. The van der Waals surface area contributed by atoms with Crippen LogP contribution in [-0.4, -0.2) is 45.6 Å². The predicted molar refractivity (Wildman–Crippen MR) is 172 cm³/mol. The van der Waals surface area contributed by atoms with Crippen LogP contribution in [0.3, 0.4) is 0 Å². The predicted octanol–water partition coefficient (Wildman–Crippen LogP) is 5.50. The first-order valence-electron chi connectivity index (χ1n) is 14.9. The molecule has 3 N–H and O–H groups in total. The quantitative estimate of drug-likeness (QED) is 0.172. The number of hydrogen-bond acceptors (Lipinski definition) is 9. The molecule has 2 aromatic heterocycles. The molecule has 11 heteroatoms. The Morgan fingerprint density at radius 3 is 2.50 bits per heavy atom. The van der Waals surface area contributed by atoms with Crippen LogP contribution in [0.2, 0.25) is 0 Å². The number of methoxy groups -OCH3 is 1. The van der Waals surface area contributed by atoms with E-state index in [1.165, 1.54) is 19.3 Å². The number of carbonyl (C=O) groups excluding carboxylic acids is 4. The summed E-state index contributed by atoms with van der Waals surface area (Å²) in [5.41, 5.74) is 3.42. The lowest BCUT2D eigenvalue weighted by Gasteiger charge is -2.27. The highest BCUT2D eigenvalue weighted by Gasteiger charge is 2.55. The standard InChI is InChI=1S/C35H32N6O5/c1-20-14-25(9-10-28(20)40-34-37-13-11-29(41-34)23-7-5-12-36-19-23)38-31(43)22-6-4-8-24(15-22)39-32(44)27-18-35(33(45)46-3)16-21(2)26(17-35)30(27)42/h4-15,18-19,21,26H,16-17H2,1-3H3,(H,38,43)(H,39,44)(H,37,40,41)/t21?,26-,35+/m0/s1. The number of fused-ring (bicyclic) bond motifs is 2. The van der Waals surface area contributed by atoms with Crippen LogP contribution in [0.1, 0.15) is 35.7 Å². The first kappa shape index (κ1) is 30.3. The number of ether oxygens (including phenoxy) is 1. The Morgan fingerprint density at radius 1 is 0.935 bits per heavy atom. The molecule has 2 aliphatic rings. The van der Waals surface area contributed by atoms with Gasteiger partial charge in [-0.2, -0.15) is 0 Å². The van der Waals surface area contributed by atoms with E-state index in [9.17, 15) is 19.2 Å². The summed E-state index contributed by atoms with van der Waals surface area (Å²) in [4.78, 5) is 65.2. The highest BCUT2D eigenvalue weighted by atomic mass is 16.5. The molecular weight excluding hydrogens is 584 g/mol. The molecule has 2 bridgehead atoms. The first-order chi connectivity index (χ1) is 22.2. The van der Waals surface area contributed by atoms with Crippen LogP contribution in [0.4, 0.5) is 23.0 Å². The van der Waals surface area contributed by atoms with Gasteiger partial charge in [-0.15, -0.1) is 0 Å². The average Bonchev–Trinajstić information content (AvgIpc) is 3.36. The summed E-state index contributed by atoms with van der Waals surface area (Å²) in [6.45, 7) is 3.81. The van der Waals surface area contributed by atoms with Crippen LogP contribution in [0.15, 0.2) is 90.9 Å². The van der Waals surface area contributed by atoms with E-state index >= 15 is 0 Å². The third kappa shape index (κ3) is 5.99. The second-order valence-electron chi connectivity index (χ2n) is 11.7. The number of nitrogens with zero attached hydrogens (tertiary/aromatic N) is 3. The Bertz CT molecular complexity index is 1890. The molecule has 4 aromatic rings. The summed E-state index contributed by atoms with van der Waals surface area (Å²) >= 11 is 0. The minimum atomic E-state index is -0.985. The van der Waals surface area contributed by atoms with Gasteiger partial charge in [-0.1, -0.05) is 19.1 Å². The Balaban J connectivity index is 1.13. The molecule has 6 rings (SSSR count). The number of nitrogens with one attached hydrogen (secondary N) is 3. The van der Waals surface area contributed by atoms with E-state index in [4.69, 9.17) is 4.74 Å². The van der Waals surface area contributed by atoms with Crippen molar-refractivity contribution in [3.8, 4) is 11.3 Å². The molecule has 1 unspecified atom stereocenters. The minimum Gasteiger partial charge on any atom is -0.468 e. The fourth-order valence-electron chi connectivity index (χ4n) is 6.25. The highest BCUT2D eigenvalue weighted by molar-refractivity contribution is 6.25. The Morgan fingerprint density at radius 2 is 1.74 bits per heavy atom. The Labute approximate surface area is 265 Å². The van der Waals surface area contributed by atoms with Crippen LogP contribution >= 0.6 is 0 Å². The number of aromatic nitrogens is 3. The van der Waals surface area contributed by atoms with Gasteiger partial charge in [0.1, 0.15) is 0 Å². The number of hydrogen-bond donors (Lipinski definition) is 3. The van der Waals surface area contributed by atoms with Gasteiger partial charge in [0, 0.05) is 52.7 Å². The molecule has 2 aliphatic carbocycles. The van der Waals surface area contributed by atoms with Gasteiger partial charge in [-0.05, 0) is 85.8 Å². The maximum absolute atomic E-state index is 13.2. The first-order valence-corrected chi connectivity index (χ1v) is 14.9. The van der Waals surface area contributed by atoms with Crippen LogP contribution in [0.25, 0.3) is 11.3 Å². The molecule has 1 fully saturated rings. The number of Topliss-reactive ketones (excluding diaryl/α,β-unsaturated/α-hetero) is 1. The summed E-state index contributed by atoms with van der Waals surface area (Å²) in [6.07, 6.45) is 7.37. The Hall–Kier alpha value is -5.71. The smallest absolute Gasteiger partial charge is 0.315 e. The number of anilines is 4. The van der Waals surface area contributed by atoms with Crippen molar-refractivity contribution in [2.45, 2.75) is 26.7 Å². The average molecular weight is 617 g/mol. The van der Waals surface area contributed by atoms with Gasteiger partial charge in [-0.25, -0.2) is 9.97 Å². The third-order valence-corrected chi connectivity index (χ3v) is 8.54. The van der Waals surface area contributed by atoms with Crippen LogP contribution in [0.5, 0.6) is 0 Å². The number of aryl methyl sites for hydroxylation is 1. The zero-order valence-corrected chi connectivity index (χ0v) is 25.5. The maximum atomic E-state index is 13.2. The van der Waals surface area contributed by atoms with Crippen molar-refractivity contribution < 1.29 is 23.9 Å². The van der Waals surface area contributed by atoms with E-state index in [-0.39, 0.29) is 23.2 Å². The molecule has 0 saturated heterocycles. The Kier molecular flexibility index (Phi) is 8.14. The zero-order chi connectivity index (χ0) is 32.4. The molecule has 1 saturated carbocycles. The molecular formula is C35H32N6O5. The van der Waals surface area contributed by atoms with Crippen molar-refractivity contribution in [3.63, 3.8) is 0 Å². The van der Waals surface area contributed by atoms with Crippen molar-refractivity contribution >= 4 is 46.6 Å². The van der Waals surface area contributed by atoms with Gasteiger partial charge in [0.05, 0.1) is 23.8 Å². The van der Waals surface area contributed by atoms with Crippen LogP contribution < -0.4 is 16.0 Å². The summed E-state index contributed by atoms with van der Waals surface area (Å²) in [5.74, 6) is -1.77. The van der Waals surface area contributed by atoms with Crippen molar-refractivity contribution in [2.75, 3.05) is 23.1 Å². The molecule has 0 spiro atoms. The number of pyridine rings is 1. The molecule has 2 heterocycles. The molecule has 0 radical (unpaired) electrons. The molecule has 2 aromatic carbocycles. The number of benzene rings is 2. The van der Waals surface area contributed by atoms with E-state index < -0.39 is 23.2 Å². The van der Waals surface area contributed by atoms with E-state index in [2.05, 4.69) is 30.9 Å². The fourth-order valence-corrected chi connectivity index (χ4v) is 6.25. The van der Waals surface area contributed by atoms with Crippen molar-refractivity contribution in [1.82, 2.24) is 15.0 Å². The number of ketones is 1. The lowest BCUT2D eigenvalue weighted by atomic mass is 9.77. The normalized spacial score (nSPS) is 20.0. The van der Waals surface area contributed by atoms with E-state index in [0.717, 1.165) is 22.5 Å². The summed E-state index contributed by atoms with van der Waals surface area (Å²) in [6, 6.07) is 17.4. The largest absolute Gasteiger partial charge is 0.468 e. The summed E-state index contributed by atoms with van der Waals surface area (Å²) in [7, 11) is 1.31. The lowest BCUT2D eigenvalue weighted by Crippen LogP contribution is -2.36. The second-order valence-corrected chi connectivity index (χ2v) is 11.7. The molecule has 2 amide bonds. The van der Waals surface area contributed by atoms with Crippen molar-refractivity contribution in [3.05, 3.63) is 102 Å². The molecule has 46 heavy (non-hydrogen) atoms. The maximum Gasteiger partial charge on any atom is 0.315 e. The van der Waals surface area contributed by atoms with Gasteiger partial charge in [0.2, 0.25) is 5.95 Å². The van der Waals surface area contributed by atoms with Gasteiger partial charge in [-0.3, -0.25) is 24.2 Å². The second kappa shape index (κ2) is 12.4.